The topological polar surface area (TPSA) is 117 Å². The van der Waals surface area contributed by atoms with Crippen LogP contribution < -0.4 is 14.9 Å². The Kier molecular flexibility index (Phi) is 6.89. The number of carbonyl (C=O) groups excluding carboxylic acids is 1. The number of methoxy groups -OCH3 is 1. The van der Waals surface area contributed by atoms with E-state index >= 15 is 0 Å². The average Bonchev–Trinajstić information content (AvgIpc) is 3.51. The van der Waals surface area contributed by atoms with Crippen LogP contribution in [-0.2, 0) is 14.9 Å². The summed E-state index contributed by atoms with van der Waals surface area (Å²) in [6.45, 7) is 8.08. The zero-order chi connectivity index (χ0) is 28.8. The maximum absolute atomic E-state index is 13.8. The molecule has 40 heavy (non-hydrogen) atoms. The summed E-state index contributed by atoms with van der Waals surface area (Å²) in [6.07, 6.45) is 1.58. The lowest BCUT2D eigenvalue weighted by Gasteiger charge is -2.25. The second kappa shape index (κ2) is 10.2. The SMILES string of the molecule is COC(=O)C1=C(C)N=c2sc(=Cc3ccc(-c4ccccc4[N+](=O)[O-])o3)c(=O)n2C1c1ccc(C(C)(C)C)cc1. The Morgan fingerprint density at radius 1 is 1.12 bits per heavy atom. The molecule has 1 unspecified atom stereocenters. The van der Waals surface area contributed by atoms with Gasteiger partial charge in [0.1, 0.15) is 11.5 Å². The fourth-order valence-electron chi connectivity index (χ4n) is 4.72. The number of nitro benzene ring substituents is 1. The summed E-state index contributed by atoms with van der Waals surface area (Å²) in [7, 11) is 1.30. The molecule has 0 bridgehead atoms. The molecule has 10 heteroatoms. The summed E-state index contributed by atoms with van der Waals surface area (Å²) >= 11 is 1.17. The van der Waals surface area contributed by atoms with Crippen molar-refractivity contribution in [2.24, 2.45) is 4.99 Å². The van der Waals surface area contributed by atoms with E-state index in [-0.39, 0.29) is 16.7 Å². The van der Waals surface area contributed by atoms with E-state index in [0.29, 0.717) is 37.7 Å². The van der Waals surface area contributed by atoms with E-state index in [1.165, 1.54) is 29.1 Å². The molecule has 3 heterocycles. The average molecular weight is 558 g/mol. The number of carbonyl (C=O) groups is 1. The van der Waals surface area contributed by atoms with E-state index in [0.717, 1.165) is 11.1 Å². The minimum Gasteiger partial charge on any atom is -0.466 e. The molecule has 1 aliphatic heterocycles. The van der Waals surface area contributed by atoms with Crippen LogP contribution in [-0.4, -0.2) is 22.6 Å². The number of benzene rings is 2. The number of furan rings is 1. The normalized spacial score (nSPS) is 15.5. The van der Waals surface area contributed by atoms with Gasteiger partial charge in [0.15, 0.2) is 4.80 Å². The minimum absolute atomic E-state index is 0.0635. The molecule has 2 aromatic carbocycles. The van der Waals surface area contributed by atoms with Gasteiger partial charge in [-0.25, -0.2) is 9.79 Å². The fourth-order valence-corrected chi connectivity index (χ4v) is 5.75. The van der Waals surface area contributed by atoms with Gasteiger partial charge in [0.25, 0.3) is 11.2 Å². The first kappa shape index (κ1) is 27.0. The number of fused-ring (bicyclic) bond motifs is 1. The lowest BCUT2D eigenvalue weighted by atomic mass is 9.85. The van der Waals surface area contributed by atoms with Crippen LogP contribution in [0.3, 0.4) is 0 Å². The van der Waals surface area contributed by atoms with Gasteiger partial charge < -0.3 is 9.15 Å². The van der Waals surface area contributed by atoms with Crippen LogP contribution in [0.25, 0.3) is 17.4 Å². The van der Waals surface area contributed by atoms with E-state index in [2.05, 4.69) is 25.8 Å². The molecule has 0 spiro atoms. The molecule has 1 aliphatic rings. The molecular weight excluding hydrogens is 530 g/mol. The van der Waals surface area contributed by atoms with Crippen molar-refractivity contribution in [2.75, 3.05) is 7.11 Å². The molecule has 0 radical (unpaired) electrons. The summed E-state index contributed by atoms with van der Waals surface area (Å²) in [5.74, 6) is 0.112. The zero-order valence-electron chi connectivity index (χ0n) is 22.6. The summed E-state index contributed by atoms with van der Waals surface area (Å²) < 4.78 is 12.8. The van der Waals surface area contributed by atoms with E-state index in [1.807, 2.05) is 24.3 Å². The number of nitrogens with zero attached hydrogens (tertiary/aromatic N) is 3. The van der Waals surface area contributed by atoms with Crippen molar-refractivity contribution >= 4 is 29.1 Å². The highest BCUT2D eigenvalue weighted by Crippen LogP contribution is 2.33. The third-order valence-corrected chi connectivity index (χ3v) is 7.77. The molecule has 204 valence electrons. The lowest BCUT2D eigenvalue weighted by Crippen LogP contribution is -2.39. The van der Waals surface area contributed by atoms with Gasteiger partial charge in [-0.15, -0.1) is 0 Å². The molecule has 4 aromatic rings. The summed E-state index contributed by atoms with van der Waals surface area (Å²) in [4.78, 5) is 42.7. The molecule has 0 amide bonds. The van der Waals surface area contributed by atoms with Crippen molar-refractivity contribution in [3.8, 4) is 11.3 Å². The van der Waals surface area contributed by atoms with Crippen LogP contribution in [0.15, 0.2) is 86.1 Å². The Hall–Kier alpha value is -4.57. The van der Waals surface area contributed by atoms with Gasteiger partial charge >= 0.3 is 5.97 Å². The second-order valence-corrected chi connectivity index (χ2v) is 11.4. The Labute approximate surface area is 233 Å². The van der Waals surface area contributed by atoms with Crippen molar-refractivity contribution in [1.82, 2.24) is 4.57 Å². The van der Waals surface area contributed by atoms with Gasteiger partial charge in [-0.3, -0.25) is 19.5 Å². The second-order valence-electron chi connectivity index (χ2n) is 10.4. The standard InChI is InChI=1S/C30H27N3O6S/c1-17-25(28(35)38-5)26(18-10-12-19(13-11-18)30(2,3)4)32-27(34)24(40-29(32)31-17)16-20-14-15-23(39-20)21-8-6-7-9-22(21)33(36)37/h6-16,26H,1-5H3. The van der Waals surface area contributed by atoms with Crippen molar-refractivity contribution in [1.29, 1.82) is 0 Å². The molecular formula is C30H27N3O6S. The van der Waals surface area contributed by atoms with Gasteiger partial charge in [-0.05, 0) is 41.7 Å². The number of aromatic nitrogens is 1. The number of hydrogen-bond acceptors (Lipinski definition) is 8. The van der Waals surface area contributed by atoms with E-state index in [9.17, 15) is 19.7 Å². The predicted octanol–water partition coefficient (Wildman–Crippen LogP) is 4.87. The molecule has 9 nitrogen and oxygen atoms in total. The molecule has 0 saturated heterocycles. The van der Waals surface area contributed by atoms with Crippen molar-refractivity contribution in [3.05, 3.63) is 119 Å². The fraction of sp³-hybridized carbons (Fsp3) is 0.233. The van der Waals surface area contributed by atoms with Crippen LogP contribution in [0.1, 0.15) is 50.6 Å². The largest absolute Gasteiger partial charge is 0.466 e. The van der Waals surface area contributed by atoms with Gasteiger partial charge in [0.2, 0.25) is 0 Å². The van der Waals surface area contributed by atoms with Gasteiger partial charge in [-0.1, -0.05) is 68.5 Å². The van der Waals surface area contributed by atoms with Gasteiger partial charge in [-0.2, -0.15) is 0 Å². The zero-order valence-corrected chi connectivity index (χ0v) is 23.4. The van der Waals surface area contributed by atoms with Crippen molar-refractivity contribution in [3.63, 3.8) is 0 Å². The number of thiazole rings is 1. The summed E-state index contributed by atoms with van der Waals surface area (Å²) in [5, 5.41) is 11.5. The van der Waals surface area contributed by atoms with Gasteiger partial charge in [0, 0.05) is 12.1 Å². The number of rotatable bonds is 5. The Balaban J connectivity index is 1.63. The number of esters is 1. The number of ether oxygens (including phenoxy) is 1. The first-order valence-electron chi connectivity index (χ1n) is 12.5. The maximum atomic E-state index is 13.8. The van der Waals surface area contributed by atoms with E-state index in [4.69, 9.17) is 9.15 Å². The predicted molar refractivity (Wildman–Crippen MR) is 152 cm³/mol. The van der Waals surface area contributed by atoms with Crippen LogP contribution in [0, 0.1) is 10.1 Å². The molecule has 5 rings (SSSR count). The number of hydrogen-bond donors (Lipinski definition) is 0. The summed E-state index contributed by atoms with van der Waals surface area (Å²) in [6, 6.07) is 16.7. The van der Waals surface area contributed by atoms with E-state index < -0.39 is 16.9 Å². The first-order valence-corrected chi connectivity index (χ1v) is 13.4. The van der Waals surface area contributed by atoms with Gasteiger partial charge in [0.05, 0.1) is 39.4 Å². The third kappa shape index (κ3) is 4.82. The molecule has 0 aliphatic carbocycles. The van der Waals surface area contributed by atoms with Crippen molar-refractivity contribution < 1.29 is 18.9 Å². The maximum Gasteiger partial charge on any atom is 0.338 e. The number of nitro groups is 1. The highest BCUT2D eigenvalue weighted by Gasteiger charge is 2.33. The Morgan fingerprint density at radius 3 is 2.48 bits per heavy atom. The molecule has 1 atom stereocenters. The van der Waals surface area contributed by atoms with Crippen molar-refractivity contribution in [2.45, 2.75) is 39.2 Å². The smallest absolute Gasteiger partial charge is 0.338 e. The molecule has 0 fully saturated rings. The minimum atomic E-state index is -0.723. The highest BCUT2D eigenvalue weighted by atomic mass is 32.1. The highest BCUT2D eigenvalue weighted by molar-refractivity contribution is 7.07. The van der Waals surface area contributed by atoms with Crippen LogP contribution >= 0.6 is 11.3 Å². The Morgan fingerprint density at radius 2 is 1.82 bits per heavy atom. The lowest BCUT2D eigenvalue weighted by molar-refractivity contribution is -0.384. The number of allylic oxidation sites excluding steroid dienone is 1. The first-order chi connectivity index (χ1) is 19.0. The van der Waals surface area contributed by atoms with Crippen LogP contribution in [0.2, 0.25) is 0 Å². The Bertz CT molecular complexity index is 1850. The molecule has 2 aromatic heterocycles. The quantitative estimate of drug-likeness (QED) is 0.196. The van der Waals surface area contributed by atoms with Crippen LogP contribution in [0.4, 0.5) is 5.69 Å². The monoisotopic (exact) mass is 557 g/mol. The molecule has 0 saturated carbocycles. The van der Waals surface area contributed by atoms with E-state index in [1.54, 1.807) is 43.3 Å². The number of para-hydroxylation sites is 1. The third-order valence-electron chi connectivity index (χ3n) is 6.79. The van der Waals surface area contributed by atoms with Crippen LogP contribution in [0.5, 0.6) is 0 Å². The summed E-state index contributed by atoms with van der Waals surface area (Å²) in [5.41, 5.74) is 2.50. The molecule has 0 N–H and O–H groups in total.